The van der Waals surface area contributed by atoms with E-state index < -0.39 is 0 Å². The molecule has 4 nitrogen and oxygen atoms in total. The Bertz CT molecular complexity index is 289. The Morgan fingerprint density at radius 3 is 3.30 bits per heavy atom. The number of carbonyl (C=O) groups excluding carboxylic acids is 1. The molecule has 2 heterocycles. The molecule has 0 spiro atoms. The first-order chi connectivity index (χ1) is 4.77. The predicted octanol–water partition coefficient (Wildman–Crippen LogP) is 0.144. The van der Waals surface area contributed by atoms with Crippen molar-refractivity contribution in [3.63, 3.8) is 0 Å². The Kier molecular flexibility index (Phi) is 0.869. The van der Waals surface area contributed by atoms with Crippen LogP contribution in [0, 0.1) is 6.92 Å². The van der Waals surface area contributed by atoms with Gasteiger partial charge < -0.3 is 4.57 Å². The summed E-state index contributed by atoms with van der Waals surface area (Å²) in [7, 11) is 0. The second-order valence-corrected chi connectivity index (χ2v) is 2.36. The fourth-order valence-corrected chi connectivity index (χ4v) is 1.07. The maximum Gasteiger partial charge on any atom is 0.246 e. The topological polar surface area (TPSA) is 46.9 Å². The Morgan fingerprint density at radius 2 is 2.60 bits per heavy atom. The van der Waals surface area contributed by atoms with E-state index in [9.17, 15) is 4.79 Å². The van der Waals surface area contributed by atoms with Crippen molar-refractivity contribution in [3.8, 4) is 0 Å². The standard InChI is InChI=1S/C6H7N3O/c1-4-2-7-6-8-5(10)3-9(4)6/h2H,3H2,1H3,(H,7,8,10). The molecule has 1 aromatic heterocycles. The van der Waals surface area contributed by atoms with Gasteiger partial charge in [-0.1, -0.05) is 0 Å². The van der Waals surface area contributed by atoms with Crippen molar-refractivity contribution in [2.75, 3.05) is 5.32 Å². The zero-order chi connectivity index (χ0) is 7.14. The van der Waals surface area contributed by atoms with Gasteiger partial charge in [0.05, 0.1) is 6.20 Å². The maximum atomic E-state index is 10.7. The van der Waals surface area contributed by atoms with Gasteiger partial charge in [0.2, 0.25) is 11.9 Å². The number of anilines is 1. The Morgan fingerprint density at radius 1 is 1.80 bits per heavy atom. The number of aromatic nitrogens is 2. The Balaban J connectivity index is 2.53. The van der Waals surface area contributed by atoms with Gasteiger partial charge in [0.25, 0.3) is 0 Å². The lowest BCUT2D eigenvalue weighted by Crippen LogP contribution is -2.06. The molecule has 1 N–H and O–H groups in total. The number of imidazole rings is 1. The molecule has 0 bridgehead atoms. The highest BCUT2D eigenvalue weighted by atomic mass is 16.2. The minimum Gasteiger partial charge on any atom is -0.305 e. The molecule has 0 saturated heterocycles. The van der Waals surface area contributed by atoms with E-state index >= 15 is 0 Å². The number of nitrogens with zero attached hydrogens (tertiary/aromatic N) is 2. The van der Waals surface area contributed by atoms with Crippen LogP contribution in [0.4, 0.5) is 5.95 Å². The third-order valence-corrected chi connectivity index (χ3v) is 1.61. The van der Waals surface area contributed by atoms with Gasteiger partial charge in [-0.05, 0) is 6.92 Å². The minimum atomic E-state index is 0.0196. The lowest BCUT2D eigenvalue weighted by molar-refractivity contribution is -0.115. The van der Waals surface area contributed by atoms with E-state index in [4.69, 9.17) is 0 Å². The summed E-state index contributed by atoms with van der Waals surface area (Å²) in [6, 6.07) is 0. The second kappa shape index (κ2) is 1.59. The molecule has 2 rings (SSSR count). The minimum absolute atomic E-state index is 0.0196. The molecule has 52 valence electrons. The number of aryl methyl sites for hydroxylation is 1. The summed E-state index contributed by atoms with van der Waals surface area (Å²) in [6.45, 7) is 2.35. The van der Waals surface area contributed by atoms with E-state index in [0.717, 1.165) is 5.69 Å². The van der Waals surface area contributed by atoms with Crippen LogP contribution < -0.4 is 5.32 Å². The summed E-state index contributed by atoms with van der Waals surface area (Å²) in [5.41, 5.74) is 1.02. The molecule has 0 unspecified atom stereocenters. The van der Waals surface area contributed by atoms with Crippen LogP contribution in [0.5, 0.6) is 0 Å². The number of nitrogens with one attached hydrogen (secondary N) is 1. The van der Waals surface area contributed by atoms with Crippen LogP contribution in [0.15, 0.2) is 6.20 Å². The SMILES string of the molecule is Cc1cnc2n1CC(=O)N2. The van der Waals surface area contributed by atoms with Crippen LogP contribution in [-0.4, -0.2) is 15.5 Å². The molecule has 1 aliphatic rings. The van der Waals surface area contributed by atoms with Gasteiger partial charge in [0, 0.05) is 5.69 Å². The Hall–Kier alpha value is -1.32. The first kappa shape index (κ1) is 5.46. The van der Waals surface area contributed by atoms with Gasteiger partial charge in [0.1, 0.15) is 6.54 Å². The van der Waals surface area contributed by atoms with E-state index in [2.05, 4.69) is 10.3 Å². The summed E-state index contributed by atoms with van der Waals surface area (Å²) in [4.78, 5) is 14.7. The molecule has 0 radical (unpaired) electrons. The van der Waals surface area contributed by atoms with Gasteiger partial charge in [0.15, 0.2) is 0 Å². The molecule has 0 saturated carbocycles. The molecule has 1 amide bonds. The van der Waals surface area contributed by atoms with Crippen LogP contribution in [0.1, 0.15) is 5.69 Å². The summed E-state index contributed by atoms with van der Waals surface area (Å²) in [5, 5.41) is 2.63. The maximum absolute atomic E-state index is 10.7. The fraction of sp³-hybridized carbons (Fsp3) is 0.333. The summed E-state index contributed by atoms with van der Waals surface area (Å²) in [5.74, 6) is 0.689. The lowest BCUT2D eigenvalue weighted by atomic mass is 10.5. The highest BCUT2D eigenvalue weighted by Gasteiger charge is 2.18. The molecule has 4 heteroatoms. The first-order valence-electron chi connectivity index (χ1n) is 3.09. The van der Waals surface area contributed by atoms with E-state index in [1.54, 1.807) is 6.20 Å². The first-order valence-corrected chi connectivity index (χ1v) is 3.09. The number of rotatable bonds is 0. The van der Waals surface area contributed by atoms with Crippen molar-refractivity contribution < 1.29 is 4.79 Å². The average Bonchev–Trinajstić information content (AvgIpc) is 2.35. The zero-order valence-corrected chi connectivity index (χ0v) is 5.59. The van der Waals surface area contributed by atoms with E-state index in [-0.39, 0.29) is 5.91 Å². The third-order valence-electron chi connectivity index (χ3n) is 1.61. The molecular formula is C6H7N3O. The van der Waals surface area contributed by atoms with Crippen molar-refractivity contribution in [2.45, 2.75) is 13.5 Å². The van der Waals surface area contributed by atoms with Crippen molar-refractivity contribution in [2.24, 2.45) is 0 Å². The highest BCUT2D eigenvalue weighted by Crippen LogP contribution is 2.14. The lowest BCUT2D eigenvalue weighted by Gasteiger charge is -1.92. The van der Waals surface area contributed by atoms with Crippen LogP contribution in [0.2, 0.25) is 0 Å². The van der Waals surface area contributed by atoms with E-state index in [1.807, 2.05) is 11.5 Å². The van der Waals surface area contributed by atoms with Crippen LogP contribution >= 0.6 is 0 Å². The number of amides is 1. The van der Waals surface area contributed by atoms with E-state index in [0.29, 0.717) is 12.5 Å². The fourth-order valence-electron chi connectivity index (χ4n) is 1.07. The molecule has 0 atom stereocenters. The van der Waals surface area contributed by atoms with Gasteiger partial charge in [-0.2, -0.15) is 0 Å². The second-order valence-electron chi connectivity index (χ2n) is 2.36. The van der Waals surface area contributed by atoms with E-state index in [1.165, 1.54) is 0 Å². The van der Waals surface area contributed by atoms with Crippen LogP contribution in [-0.2, 0) is 11.3 Å². The highest BCUT2D eigenvalue weighted by molar-refractivity contribution is 5.92. The van der Waals surface area contributed by atoms with Crippen molar-refractivity contribution in [1.29, 1.82) is 0 Å². The molecule has 10 heavy (non-hydrogen) atoms. The predicted molar refractivity (Wildman–Crippen MR) is 35.6 cm³/mol. The monoisotopic (exact) mass is 137 g/mol. The zero-order valence-electron chi connectivity index (χ0n) is 5.59. The molecular weight excluding hydrogens is 130 g/mol. The molecule has 0 fully saturated rings. The van der Waals surface area contributed by atoms with Gasteiger partial charge in [-0.3, -0.25) is 10.1 Å². The summed E-state index contributed by atoms with van der Waals surface area (Å²) < 4.78 is 1.85. The summed E-state index contributed by atoms with van der Waals surface area (Å²) >= 11 is 0. The molecule has 1 aliphatic heterocycles. The van der Waals surface area contributed by atoms with Gasteiger partial charge in [-0.25, -0.2) is 4.98 Å². The molecule has 0 aromatic carbocycles. The average molecular weight is 137 g/mol. The van der Waals surface area contributed by atoms with Crippen molar-refractivity contribution in [3.05, 3.63) is 11.9 Å². The number of carbonyl (C=O) groups is 1. The summed E-state index contributed by atoms with van der Waals surface area (Å²) in [6.07, 6.45) is 1.74. The molecule has 1 aromatic rings. The number of fused-ring (bicyclic) bond motifs is 1. The van der Waals surface area contributed by atoms with Crippen molar-refractivity contribution >= 4 is 11.9 Å². The number of hydrogen-bond donors (Lipinski definition) is 1. The quantitative estimate of drug-likeness (QED) is 0.553. The normalized spacial score (nSPS) is 15.1. The Labute approximate surface area is 57.9 Å². The van der Waals surface area contributed by atoms with Gasteiger partial charge >= 0.3 is 0 Å². The largest absolute Gasteiger partial charge is 0.305 e. The number of hydrogen-bond acceptors (Lipinski definition) is 2. The van der Waals surface area contributed by atoms with Crippen molar-refractivity contribution in [1.82, 2.24) is 9.55 Å². The van der Waals surface area contributed by atoms with Gasteiger partial charge in [-0.15, -0.1) is 0 Å². The third kappa shape index (κ3) is 0.556. The van der Waals surface area contributed by atoms with Crippen LogP contribution in [0.25, 0.3) is 0 Å². The molecule has 0 aliphatic carbocycles. The van der Waals surface area contributed by atoms with Crippen LogP contribution in [0.3, 0.4) is 0 Å². The smallest absolute Gasteiger partial charge is 0.246 e.